The Morgan fingerprint density at radius 2 is 1.97 bits per heavy atom. The topological polar surface area (TPSA) is 114 Å². The Morgan fingerprint density at radius 1 is 1.26 bits per heavy atom. The maximum absolute atomic E-state index is 13.1. The van der Waals surface area contributed by atoms with Gasteiger partial charge < -0.3 is 26.0 Å². The van der Waals surface area contributed by atoms with E-state index in [1.54, 1.807) is 20.8 Å². The van der Waals surface area contributed by atoms with Crippen LogP contribution in [0.5, 0.6) is 0 Å². The predicted octanol–water partition coefficient (Wildman–Crippen LogP) is 1.66. The van der Waals surface area contributed by atoms with Crippen molar-refractivity contribution in [1.82, 2.24) is 10.2 Å². The lowest BCUT2D eigenvalue weighted by molar-refractivity contribution is -0.155. The quantitative estimate of drug-likeness (QED) is 0.615. The third kappa shape index (κ3) is 4.01. The molecule has 31 heavy (non-hydrogen) atoms. The standard InChI is InChI=1S/C23H32N4O4/c1-22(2,3)31-18(28)7-6-17(20(24)29)27-12-15-14(21(27)30)4-5-16-19(15)26-13-23(16)8-10-25-11-9-23/h4-5,17,25-26H,6-13H2,1-3H3,(H2,24,29)/t17-/m0/s1. The summed E-state index contributed by atoms with van der Waals surface area (Å²) in [7, 11) is 0. The first-order valence-electron chi connectivity index (χ1n) is 11.0. The van der Waals surface area contributed by atoms with E-state index in [1.807, 2.05) is 6.07 Å². The number of carbonyl (C=O) groups excluding carboxylic acids is 3. The number of nitrogens with zero attached hydrogens (tertiary/aromatic N) is 1. The van der Waals surface area contributed by atoms with Crippen LogP contribution in [0.25, 0.3) is 0 Å². The van der Waals surface area contributed by atoms with E-state index >= 15 is 0 Å². The lowest BCUT2D eigenvalue weighted by atomic mass is 9.74. The molecule has 1 saturated heterocycles. The van der Waals surface area contributed by atoms with Gasteiger partial charge in [-0.25, -0.2) is 0 Å². The minimum atomic E-state index is -0.850. The summed E-state index contributed by atoms with van der Waals surface area (Å²) in [5.41, 5.74) is 8.99. The van der Waals surface area contributed by atoms with Crippen LogP contribution in [-0.4, -0.2) is 54.0 Å². The van der Waals surface area contributed by atoms with Crippen molar-refractivity contribution in [3.05, 3.63) is 28.8 Å². The third-order valence-electron chi connectivity index (χ3n) is 6.61. The van der Waals surface area contributed by atoms with Gasteiger partial charge in [0, 0.05) is 41.7 Å². The molecule has 0 saturated carbocycles. The summed E-state index contributed by atoms with van der Waals surface area (Å²) in [6.07, 6.45) is 2.29. The molecule has 8 heteroatoms. The molecule has 1 atom stereocenters. The second-order valence-corrected chi connectivity index (χ2v) is 9.87. The first-order valence-corrected chi connectivity index (χ1v) is 11.0. The Kier molecular flexibility index (Phi) is 5.45. The van der Waals surface area contributed by atoms with Gasteiger partial charge in [0.2, 0.25) is 5.91 Å². The van der Waals surface area contributed by atoms with Gasteiger partial charge in [-0.1, -0.05) is 6.07 Å². The van der Waals surface area contributed by atoms with Crippen molar-refractivity contribution in [2.75, 3.05) is 25.0 Å². The number of piperidine rings is 1. The largest absolute Gasteiger partial charge is 0.460 e. The maximum atomic E-state index is 13.1. The Balaban J connectivity index is 1.54. The molecular weight excluding hydrogens is 396 g/mol. The van der Waals surface area contributed by atoms with Gasteiger partial charge in [-0.15, -0.1) is 0 Å². The van der Waals surface area contributed by atoms with Gasteiger partial charge in [0.15, 0.2) is 0 Å². The number of anilines is 1. The molecule has 8 nitrogen and oxygen atoms in total. The second-order valence-electron chi connectivity index (χ2n) is 9.87. The number of nitrogens with two attached hydrogens (primary N) is 1. The van der Waals surface area contributed by atoms with Crippen LogP contribution >= 0.6 is 0 Å². The first kappa shape index (κ1) is 21.6. The zero-order chi connectivity index (χ0) is 22.4. The zero-order valence-electron chi connectivity index (χ0n) is 18.5. The summed E-state index contributed by atoms with van der Waals surface area (Å²) in [6, 6.07) is 3.11. The van der Waals surface area contributed by atoms with Crippen LogP contribution in [0.15, 0.2) is 12.1 Å². The van der Waals surface area contributed by atoms with Crippen molar-refractivity contribution in [2.45, 2.75) is 70.1 Å². The highest BCUT2D eigenvalue weighted by Crippen LogP contribution is 2.47. The Morgan fingerprint density at radius 3 is 2.61 bits per heavy atom. The predicted molar refractivity (Wildman–Crippen MR) is 117 cm³/mol. The Bertz CT molecular complexity index is 915. The molecule has 168 valence electrons. The molecule has 4 N–H and O–H groups in total. The number of nitrogens with one attached hydrogen (secondary N) is 2. The summed E-state index contributed by atoms with van der Waals surface area (Å²) < 4.78 is 5.33. The smallest absolute Gasteiger partial charge is 0.306 e. The maximum Gasteiger partial charge on any atom is 0.306 e. The summed E-state index contributed by atoms with van der Waals surface area (Å²) in [6.45, 7) is 8.53. The molecule has 0 aliphatic carbocycles. The van der Waals surface area contributed by atoms with E-state index in [-0.39, 0.29) is 24.2 Å². The minimum Gasteiger partial charge on any atom is -0.460 e. The van der Waals surface area contributed by atoms with Gasteiger partial charge in [-0.05, 0) is 64.8 Å². The third-order valence-corrected chi connectivity index (χ3v) is 6.61. The van der Waals surface area contributed by atoms with Crippen LogP contribution in [0.3, 0.4) is 0 Å². The fourth-order valence-electron chi connectivity index (χ4n) is 5.11. The fraction of sp³-hybridized carbons (Fsp3) is 0.609. The van der Waals surface area contributed by atoms with Crippen molar-refractivity contribution in [3.63, 3.8) is 0 Å². The van der Waals surface area contributed by atoms with Crippen molar-refractivity contribution < 1.29 is 19.1 Å². The first-order chi connectivity index (χ1) is 14.6. The van der Waals surface area contributed by atoms with Crippen LogP contribution in [0.2, 0.25) is 0 Å². The fourth-order valence-corrected chi connectivity index (χ4v) is 5.11. The van der Waals surface area contributed by atoms with Crippen molar-refractivity contribution in [3.8, 4) is 0 Å². The van der Waals surface area contributed by atoms with E-state index in [4.69, 9.17) is 10.5 Å². The molecule has 1 spiro atoms. The molecule has 3 heterocycles. The number of hydrogen-bond acceptors (Lipinski definition) is 6. The number of carbonyl (C=O) groups is 3. The molecular formula is C23H32N4O4. The molecule has 2 amide bonds. The monoisotopic (exact) mass is 428 g/mol. The van der Waals surface area contributed by atoms with Gasteiger partial charge in [0.05, 0.1) is 0 Å². The van der Waals surface area contributed by atoms with Crippen LogP contribution in [0, 0.1) is 0 Å². The molecule has 1 aromatic rings. The number of ether oxygens (including phenoxy) is 1. The number of fused-ring (bicyclic) bond motifs is 4. The van der Waals surface area contributed by atoms with Crippen molar-refractivity contribution in [2.24, 2.45) is 5.73 Å². The van der Waals surface area contributed by atoms with E-state index in [2.05, 4.69) is 16.7 Å². The second kappa shape index (κ2) is 7.82. The minimum absolute atomic E-state index is 0.0253. The van der Waals surface area contributed by atoms with Gasteiger partial charge >= 0.3 is 5.97 Å². The summed E-state index contributed by atoms with van der Waals surface area (Å²) in [4.78, 5) is 39.0. The van der Waals surface area contributed by atoms with Gasteiger partial charge in [0.25, 0.3) is 5.91 Å². The van der Waals surface area contributed by atoms with Gasteiger partial charge in [-0.2, -0.15) is 0 Å². The average molecular weight is 429 g/mol. The number of amides is 2. The average Bonchev–Trinajstić information content (AvgIpc) is 3.20. The van der Waals surface area contributed by atoms with E-state index in [0.717, 1.165) is 43.7 Å². The number of benzene rings is 1. The normalized spacial score (nSPS) is 20.2. The van der Waals surface area contributed by atoms with E-state index < -0.39 is 23.5 Å². The lowest BCUT2D eigenvalue weighted by Gasteiger charge is -2.33. The number of primary amides is 1. The lowest BCUT2D eigenvalue weighted by Crippen LogP contribution is -2.45. The highest BCUT2D eigenvalue weighted by molar-refractivity contribution is 6.03. The molecule has 0 bridgehead atoms. The Hall–Kier alpha value is -2.61. The van der Waals surface area contributed by atoms with Crippen LogP contribution in [-0.2, 0) is 26.3 Å². The molecule has 0 unspecified atom stereocenters. The van der Waals surface area contributed by atoms with Crippen LogP contribution in [0.4, 0.5) is 5.69 Å². The Labute approximate surface area is 182 Å². The summed E-state index contributed by atoms with van der Waals surface area (Å²) in [5, 5.41) is 6.97. The molecule has 1 aromatic carbocycles. The molecule has 0 aromatic heterocycles. The van der Waals surface area contributed by atoms with Gasteiger partial charge in [-0.3, -0.25) is 14.4 Å². The molecule has 3 aliphatic heterocycles. The highest BCUT2D eigenvalue weighted by Gasteiger charge is 2.44. The SMILES string of the molecule is CC(C)(C)OC(=O)CC[C@@H](C(N)=O)N1Cc2c(ccc3c2NCC32CCNCC2)C1=O. The van der Waals surface area contributed by atoms with Crippen molar-refractivity contribution in [1.29, 1.82) is 0 Å². The molecule has 4 rings (SSSR count). The number of hydrogen-bond donors (Lipinski definition) is 3. The molecule has 1 fully saturated rings. The molecule has 3 aliphatic rings. The van der Waals surface area contributed by atoms with Crippen LogP contribution < -0.4 is 16.4 Å². The highest BCUT2D eigenvalue weighted by atomic mass is 16.6. The molecule has 0 radical (unpaired) electrons. The van der Waals surface area contributed by atoms with E-state index in [0.29, 0.717) is 12.1 Å². The summed E-state index contributed by atoms with van der Waals surface area (Å²) >= 11 is 0. The number of rotatable bonds is 5. The number of esters is 1. The van der Waals surface area contributed by atoms with E-state index in [9.17, 15) is 14.4 Å². The van der Waals surface area contributed by atoms with Crippen molar-refractivity contribution >= 4 is 23.5 Å². The van der Waals surface area contributed by atoms with E-state index in [1.165, 1.54) is 10.5 Å². The zero-order valence-corrected chi connectivity index (χ0v) is 18.5. The van der Waals surface area contributed by atoms with Crippen LogP contribution in [0.1, 0.15) is 67.9 Å². The summed E-state index contributed by atoms with van der Waals surface area (Å²) in [5.74, 6) is -1.22. The van der Waals surface area contributed by atoms with Gasteiger partial charge in [0.1, 0.15) is 11.6 Å².